The third-order valence-electron chi connectivity index (χ3n) is 18.1. The maximum atomic E-state index is 4.84. The molecule has 0 amide bonds. The van der Waals surface area contributed by atoms with Crippen LogP contribution in [-0.4, -0.2) is 15.0 Å². The number of aromatic nitrogens is 3. The van der Waals surface area contributed by atoms with E-state index in [9.17, 15) is 0 Å². The van der Waals surface area contributed by atoms with Crippen LogP contribution in [0.1, 0.15) is 0 Å². The first-order chi connectivity index (χ1) is 47.6. The monoisotopic (exact) mass is 1410 g/mol. The number of hydrogen-bond donors (Lipinski definition) is 0. The Kier molecular flexibility index (Phi) is 17.6. The molecule has 16 rings (SSSR count). The molecule has 0 saturated heterocycles. The predicted molar refractivity (Wildman–Crippen MR) is 398 cm³/mol. The molecule has 0 fully saturated rings. The molecule has 0 unspecified atom stereocenters. The van der Waals surface area contributed by atoms with E-state index in [0.29, 0.717) is 0 Å². The van der Waals surface area contributed by atoms with E-state index in [-0.39, 0.29) is 20.1 Å². The topological polar surface area (TPSA) is 38.7 Å². The molecule has 456 valence electrons. The molecule has 97 heavy (non-hydrogen) atoms. The average molecular weight is 1410 g/mol. The fourth-order valence-electron chi connectivity index (χ4n) is 13.6. The Hall–Kier alpha value is -12.0. The smallest absolute Gasteiger partial charge is 0.305 e. The van der Waals surface area contributed by atoms with Crippen molar-refractivity contribution in [2.45, 2.75) is 0 Å². The van der Waals surface area contributed by atoms with Gasteiger partial charge in [0.15, 0.2) is 0 Å². The summed E-state index contributed by atoms with van der Waals surface area (Å²) in [5.74, 6) is 0. The van der Waals surface area contributed by atoms with Gasteiger partial charge in [0.2, 0.25) is 0 Å². The van der Waals surface area contributed by atoms with E-state index in [2.05, 4.69) is 328 Å². The van der Waals surface area contributed by atoms with Crippen LogP contribution >= 0.6 is 0 Å². The largest absolute Gasteiger partial charge is 3.00 e. The van der Waals surface area contributed by atoms with Gasteiger partial charge < -0.3 is 15.0 Å². The Bertz CT molecular complexity index is 4890. The van der Waals surface area contributed by atoms with Crippen LogP contribution in [0.2, 0.25) is 0 Å². The minimum absolute atomic E-state index is 0. The van der Waals surface area contributed by atoms with Crippen molar-refractivity contribution in [3.05, 3.63) is 383 Å². The van der Waals surface area contributed by atoms with Crippen molar-refractivity contribution in [1.29, 1.82) is 0 Å². The van der Waals surface area contributed by atoms with Gasteiger partial charge in [-0.2, -0.15) is 0 Å². The molecule has 0 radical (unpaired) electrons. The fraction of sp³-hybridized carbons (Fsp3) is 0. The maximum absolute atomic E-state index is 4.84. The SMILES string of the molecule is [Ir+3].[c-]1cc(-c2ccccc2-c2cc(-c3ccccc3-c3c[c-]c(-c4ccccn4)cc3-c3ccccc3-c3ccccc3)cc(-c3ccccc3-c3c[c-]c(-c4ccccn4)cc3-c3ccccc3-c3ccccc3)c2)c(-c2ccccc2-c2ccccc2)cc1-c1ccccn1. The van der Waals surface area contributed by atoms with E-state index in [1.165, 1.54) is 0 Å². The van der Waals surface area contributed by atoms with Crippen molar-refractivity contribution in [1.82, 2.24) is 15.0 Å². The molecule has 0 spiro atoms. The molecule has 16 aromatic rings. The van der Waals surface area contributed by atoms with Gasteiger partial charge in [0.25, 0.3) is 0 Å². The molecule has 0 aliphatic heterocycles. The van der Waals surface area contributed by atoms with Crippen LogP contribution in [0, 0.1) is 18.2 Å². The van der Waals surface area contributed by atoms with E-state index in [1.54, 1.807) is 0 Å². The zero-order chi connectivity index (χ0) is 64.0. The first kappa shape index (κ1) is 61.2. The van der Waals surface area contributed by atoms with Crippen molar-refractivity contribution in [3.63, 3.8) is 0 Å². The number of pyridine rings is 3. The summed E-state index contributed by atoms with van der Waals surface area (Å²) < 4.78 is 0. The first-order valence-electron chi connectivity index (χ1n) is 32.5. The average Bonchev–Trinajstić information content (AvgIpc) is 0.768. The second-order valence-electron chi connectivity index (χ2n) is 23.8. The molecule has 0 bridgehead atoms. The molecule has 3 heterocycles. The number of rotatable bonds is 15. The maximum Gasteiger partial charge on any atom is 3.00 e. The first-order valence-corrected chi connectivity index (χ1v) is 32.5. The number of nitrogens with zero attached hydrogens (tertiary/aromatic N) is 3. The van der Waals surface area contributed by atoms with Gasteiger partial charge in [0, 0.05) is 18.6 Å². The Labute approximate surface area is 580 Å². The standard InChI is InChI=1S/C93H60N3.Ir/c1-4-28-64(29-5-1)73-34-10-19-43-82(73)88-61-67(91-46-22-25-55-94-91)49-52-85(88)79-40-16-13-37-76(79)70-58-71(77-38-14-17-41-80(77)86-53-50-68(92-47-23-26-56-95-92)62-89(86)83-44-20-11-35-74(83)65-30-6-2-7-31-65)60-72(59-70)78-39-15-18-42-81(78)87-54-51-69(93-48-24-27-57-96-93)63-90(87)84-45-21-12-36-75(84)66-32-8-3-9-33-66;/h1-48,52-63H;/q-3;+3. The van der Waals surface area contributed by atoms with Gasteiger partial charge in [-0.15, -0.1) is 71.3 Å². The molecule has 0 atom stereocenters. The summed E-state index contributed by atoms with van der Waals surface area (Å²) in [5, 5.41) is 0. The van der Waals surface area contributed by atoms with Crippen molar-refractivity contribution < 1.29 is 20.1 Å². The third kappa shape index (κ3) is 12.4. The molecular formula is C93H60IrN3. The normalized spacial score (nSPS) is 11.0. The minimum Gasteiger partial charge on any atom is -0.305 e. The quantitative estimate of drug-likeness (QED) is 0.0960. The van der Waals surface area contributed by atoms with Crippen LogP contribution < -0.4 is 0 Å². The third-order valence-corrected chi connectivity index (χ3v) is 18.1. The van der Waals surface area contributed by atoms with Crippen LogP contribution in [0.15, 0.2) is 364 Å². The summed E-state index contributed by atoms with van der Waals surface area (Å²) in [6.07, 6.45) is 5.56. The van der Waals surface area contributed by atoms with Crippen molar-refractivity contribution in [2.75, 3.05) is 0 Å². The van der Waals surface area contributed by atoms with Crippen LogP contribution in [0.25, 0.3) is 167 Å². The summed E-state index contributed by atoms with van der Waals surface area (Å²) in [6, 6.07) is 135. The molecule has 13 aromatic carbocycles. The van der Waals surface area contributed by atoms with E-state index in [0.717, 1.165) is 167 Å². The molecule has 0 aliphatic rings. The number of hydrogen-bond acceptors (Lipinski definition) is 3. The van der Waals surface area contributed by atoms with Crippen molar-refractivity contribution in [2.24, 2.45) is 0 Å². The van der Waals surface area contributed by atoms with Crippen LogP contribution in [0.3, 0.4) is 0 Å². The molecular weight excluding hydrogens is 1350 g/mol. The zero-order valence-electron chi connectivity index (χ0n) is 52.8. The van der Waals surface area contributed by atoms with E-state index in [4.69, 9.17) is 15.0 Å². The molecule has 4 heteroatoms. The summed E-state index contributed by atoms with van der Waals surface area (Å²) in [7, 11) is 0. The van der Waals surface area contributed by atoms with Crippen molar-refractivity contribution >= 4 is 0 Å². The molecule has 0 saturated carbocycles. The van der Waals surface area contributed by atoms with Gasteiger partial charge in [-0.05, 0) is 137 Å². The van der Waals surface area contributed by atoms with Gasteiger partial charge in [-0.25, -0.2) is 0 Å². The zero-order valence-corrected chi connectivity index (χ0v) is 55.2. The van der Waals surface area contributed by atoms with Crippen LogP contribution in [-0.2, 0) is 20.1 Å². The Morgan fingerprint density at radius 1 is 0.165 bits per heavy atom. The predicted octanol–water partition coefficient (Wildman–Crippen LogP) is 24.3. The summed E-state index contributed by atoms with van der Waals surface area (Å²) in [6.45, 7) is 0. The van der Waals surface area contributed by atoms with Crippen LogP contribution in [0.4, 0.5) is 0 Å². The minimum atomic E-state index is 0. The summed E-state index contributed by atoms with van der Waals surface area (Å²) >= 11 is 0. The number of benzene rings is 13. The van der Waals surface area contributed by atoms with Crippen molar-refractivity contribution in [3.8, 4) is 167 Å². The molecule has 3 aromatic heterocycles. The second kappa shape index (κ2) is 27.9. The molecule has 0 N–H and O–H groups in total. The van der Waals surface area contributed by atoms with Gasteiger partial charge in [-0.3, -0.25) is 0 Å². The van der Waals surface area contributed by atoms with Gasteiger partial charge in [-0.1, -0.05) is 323 Å². The molecule has 0 aliphatic carbocycles. The second-order valence-corrected chi connectivity index (χ2v) is 23.8. The van der Waals surface area contributed by atoms with E-state index < -0.39 is 0 Å². The molecule has 3 nitrogen and oxygen atoms in total. The Morgan fingerprint density at radius 2 is 0.371 bits per heavy atom. The van der Waals surface area contributed by atoms with Gasteiger partial charge >= 0.3 is 20.1 Å². The van der Waals surface area contributed by atoms with E-state index >= 15 is 0 Å². The fourth-order valence-corrected chi connectivity index (χ4v) is 13.6. The van der Waals surface area contributed by atoms with Gasteiger partial charge in [0.1, 0.15) is 0 Å². The van der Waals surface area contributed by atoms with Gasteiger partial charge in [0.05, 0.1) is 0 Å². The summed E-state index contributed by atoms with van der Waals surface area (Å²) in [5.41, 5.74) is 31.5. The van der Waals surface area contributed by atoms with Crippen LogP contribution in [0.5, 0.6) is 0 Å². The summed E-state index contributed by atoms with van der Waals surface area (Å²) in [4.78, 5) is 14.5. The Morgan fingerprint density at radius 3 is 0.608 bits per heavy atom. The Balaban J connectivity index is 0.00000770. The van der Waals surface area contributed by atoms with E-state index in [1.807, 2.05) is 55.0 Å².